The van der Waals surface area contributed by atoms with E-state index in [9.17, 15) is 13.6 Å². The molecule has 1 N–H and O–H groups in total. The number of ether oxygens (including phenoxy) is 1. The lowest BCUT2D eigenvalue weighted by molar-refractivity contribution is -0.130. The number of carbonyl (C=O) groups is 1. The third kappa shape index (κ3) is 5.09. The second-order valence-electron chi connectivity index (χ2n) is 9.31. The number of imidazole rings is 1. The number of likely N-dealkylation sites (tertiary alicyclic amines) is 1. The predicted octanol–water partition coefficient (Wildman–Crippen LogP) is 2.16. The molecule has 0 bridgehead atoms. The van der Waals surface area contributed by atoms with E-state index in [-0.39, 0.29) is 17.8 Å². The Morgan fingerprint density at radius 3 is 2.64 bits per heavy atom. The second-order valence-corrected chi connectivity index (χ2v) is 9.31. The number of hydrogen-bond donors (Lipinski definition) is 1. The molecule has 2 aromatic heterocycles. The molecule has 0 spiro atoms. The Hall–Kier alpha value is -3.38. The summed E-state index contributed by atoms with van der Waals surface area (Å²) >= 11 is 0. The standard InChI is InChI=1S/C24H30F2N8O2/c1-31(2)15-21(35)33-8-7-16(14-33)27-24-29-19(32-9-11-36-12-10-32)13-20(30-24)34-18-6-4-3-5-17(18)28-23(34)22(25)26/h3-6,13,16,22H,7-12,14-15H2,1-2H3,(H,27,29,30)/t16-/m0/s1. The number of aromatic nitrogens is 4. The fraction of sp³-hybridized carbons (Fsp3) is 0.500. The van der Waals surface area contributed by atoms with Crippen LogP contribution in [0.4, 0.5) is 20.5 Å². The van der Waals surface area contributed by atoms with E-state index >= 15 is 0 Å². The number of hydrogen-bond acceptors (Lipinski definition) is 8. The van der Waals surface area contributed by atoms with Crippen molar-refractivity contribution in [1.82, 2.24) is 29.3 Å². The molecule has 192 valence electrons. The third-order valence-electron chi connectivity index (χ3n) is 6.37. The van der Waals surface area contributed by atoms with Gasteiger partial charge in [0.05, 0.1) is 30.8 Å². The van der Waals surface area contributed by atoms with Gasteiger partial charge in [-0.2, -0.15) is 9.97 Å². The van der Waals surface area contributed by atoms with Crippen molar-refractivity contribution in [2.75, 3.05) is 70.2 Å². The summed E-state index contributed by atoms with van der Waals surface area (Å²) < 4.78 is 34.9. The predicted molar refractivity (Wildman–Crippen MR) is 132 cm³/mol. The number of fused-ring (bicyclic) bond motifs is 1. The lowest BCUT2D eigenvalue weighted by Crippen LogP contribution is -2.38. The van der Waals surface area contributed by atoms with Crippen molar-refractivity contribution >= 4 is 28.7 Å². The maximum absolute atomic E-state index is 14.0. The molecular weight excluding hydrogens is 470 g/mol. The Morgan fingerprint density at radius 1 is 1.14 bits per heavy atom. The lowest BCUT2D eigenvalue weighted by Gasteiger charge is -2.28. The number of anilines is 2. The number of likely N-dealkylation sites (N-methyl/N-ethyl adjacent to an activating group) is 1. The molecule has 3 aromatic rings. The lowest BCUT2D eigenvalue weighted by atomic mass is 10.3. The number of para-hydroxylation sites is 2. The average Bonchev–Trinajstić information content (AvgIpc) is 3.49. The van der Waals surface area contributed by atoms with E-state index < -0.39 is 6.43 Å². The minimum Gasteiger partial charge on any atom is -0.378 e. The van der Waals surface area contributed by atoms with Crippen molar-refractivity contribution in [2.24, 2.45) is 0 Å². The Kier molecular flexibility index (Phi) is 6.97. The minimum absolute atomic E-state index is 0.0435. The van der Waals surface area contributed by atoms with Gasteiger partial charge in [0.2, 0.25) is 11.9 Å². The van der Waals surface area contributed by atoms with Crippen molar-refractivity contribution in [1.29, 1.82) is 0 Å². The highest BCUT2D eigenvalue weighted by atomic mass is 19.3. The molecule has 2 aliphatic heterocycles. The Labute approximate surface area is 207 Å². The monoisotopic (exact) mass is 500 g/mol. The van der Waals surface area contributed by atoms with Gasteiger partial charge >= 0.3 is 0 Å². The SMILES string of the molecule is CN(C)CC(=O)N1CC[C@H](Nc2nc(N3CCOCC3)cc(-n3c(C(F)F)nc4ccccc43)n2)C1. The van der Waals surface area contributed by atoms with Crippen LogP contribution in [0.5, 0.6) is 0 Å². The number of benzene rings is 1. The molecule has 2 saturated heterocycles. The third-order valence-corrected chi connectivity index (χ3v) is 6.37. The number of morpholine rings is 1. The van der Waals surface area contributed by atoms with Crippen LogP contribution in [0.1, 0.15) is 18.7 Å². The van der Waals surface area contributed by atoms with Gasteiger partial charge in [-0.15, -0.1) is 0 Å². The van der Waals surface area contributed by atoms with Gasteiger partial charge in [-0.05, 0) is 32.6 Å². The smallest absolute Gasteiger partial charge is 0.296 e. The Morgan fingerprint density at radius 2 is 1.89 bits per heavy atom. The molecule has 1 amide bonds. The molecule has 1 atom stereocenters. The number of nitrogens with zero attached hydrogens (tertiary/aromatic N) is 7. The van der Waals surface area contributed by atoms with Gasteiger partial charge in [-0.1, -0.05) is 12.1 Å². The van der Waals surface area contributed by atoms with E-state index in [1.54, 1.807) is 30.3 Å². The zero-order valence-corrected chi connectivity index (χ0v) is 20.4. The van der Waals surface area contributed by atoms with E-state index in [0.717, 1.165) is 6.42 Å². The Balaban J connectivity index is 1.49. The zero-order valence-electron chi connectivity index (χ0n) is 20.4. The second kappa shape index (κ2) is 10.3. The first kappa shape index (κ1) is 24.3. The summed E-state index contributed by atoms with van der Waals surface area (Å²) in [7, 11) is 3.73. The van der Waals surface area contributed by atoms with Gasteiger partial charge in [0.15, 0.2) is 5.82 Å². The van der Waals surface area contributed by atoms with Gasteiger partial charge < -0.3 is 24.8 Å². The number of rotatable bonds is 7. The molecule has 0 aliphatic carbocycles. The summed E-state index contributed by atoms with van der Waals surface area (Å²) in [4.78, 5) is 31.7. The van der Waals surface area contributed by atoms with Crippen molar-refractivity contribution in [3.63, 3.8) is 0 Å². The number of carbonyl (C=O) groups excluding carboxylic acids is 1. The van der Waals surface area contributed by atoms with Crippen LogP contribution < -0.4 is 10.2 Å². The molecule has 0 radical (unpaired) electrons. The molecular formula is C24H30F2N8O2. The topological polar surface area (TPSA) is 91.7 Å². The van der Waals surface area contributed by atoms with E-state index in [2.05, 4.69) is 20.2 Å². The summed E-state index contributed by atoms with van der Waals surface area (Å²) in [6.45, 7) is 3.92. The zero-order chi connectivity index (χ0) is 25.2. The van der Waals surface area contributed by atoms with Gasteiger partial charge in [0, 0.05) is 38.3 Å². The molecule has 0 saturated carbocycles. The van der Waals surface area contributed by atoms with E-state index in [1.807, 2.05) is 23.9 Å². The van der Waals surface area contributed by atoms with Gasteiger partial charge in [0.25, 0.3) is 6.43 Å². The highest BCUT2D eigenvalue weighted by Gasteiger charge is 2.28. The van der Waals surface area contributed by atoms with Crippen LogP contribution in [0, 0.1) is 0 Å². The Bertz CT molecular complexity index is 1230. The summed E-state index contributed by atoms with van der Waals surface area (Å²) in [5.74, 6) is 0.979. The first-order valence-corrected chi connectivity index (χ1v) is 12.1. The molecule has 2 fully saturated rings. The van der Waals surface area contributed by atoms with Crippen LogP contribution in [0.2, 0.25) is 0 Å². The fourth-order valence-electron chi connectivity index (χ4n) is 4.65. The number of alkyl halides is 2. The molecule has 10 nitrogen and oxygen atoms in total. The largest absolute Gasteiger partial charge is 0.378 e. The van der Waals surface area contributed by atoms with Crippen LogP contribution in [-0.2, 0) is 9.53 Å². The first-order chi connectivity index (χ1) is 17.4. The molecule has 2 aliphatic rings. The highest BCUT2D eigenvalue weighted by Crippen LogP contribution is 2.29. The van der Waals surface area contributed by atoms with Gasteiger partial charge in [-0.25, -0.2) is 13.8 Å². The van der Waals surface area contributed by atoms with E-state index in [4.69, 9.17) is 9.72 Å². The molecule has 0 unspecified atom stereocenters. The number of nitrogens with one attached hydrogen (secondary N) is 1. The first-order valence-electron chi connectivity index (χ1n) is 12.1. The number of amides is 1. The minimum atomic E-state index is -2.78. The van der Waals surface area contributed by atoms with E-state index in [0.29, 0.717) is 74.6 Å². The molecule has 5 rings (SSSR count). The highest BCUT2D eigenvalue weighted by molar-refractivity contribution is 5.79. The molecule has 12 heteroatoms. The normalized spacial score (nSPS) is 18.6. The summed E-state index contributed by atoms with van der Waals surface area (Å²) in [5, 5.41) is 3.35. The summed E-state index contributed by atoms with van der Waals surface area (Å²) in [6.07, 6.45) is -2.03. The van der Waals surface area contributed by atoms with Crippen molar-refractivity contribution in [2.45, 2.75) is 18.9 Å². The maximum Gasteiger partial charge on any atom is 0.296 e. The van der Waals surface area contributed by atoms with Crippen LogP contribution >= 0.6 is 0 Å². The summed E-state index contributed by atoms with van der Waals surface area (Å²) in [5.41, 5.74) is 1.02. The van der Waals surface area contributed by atoms with Crippen LogP contribution in [0.15, 0.2) is 30.3 Å². The van der Waals surface area contributed by atoms with E-state index in [1.165, 1.54) is 4.57 Å². The van der Waals surface area contributed by atoms with Gasteiger partial charge in [0.1, 0.15) is 11.6 Å². The molecule has 1 aromatic carbocycles. The number of halogens is 2. The van der Waals surface area contributed by atoms with Gasteiger partial charge in [-0.3, -0.25) is 9.36 Å². The molecule has 36 heavy (non-hydrogen) atoms. The maximum atomic E-state index is 14.0. The van der Waals surface area contributed by atoms with Crippen LogP contribution in [0.25, 0.3) is 16.9 Å². The fourth-order valence-corrected chi connectivity index (χ4v) is 4.65. The summed E-state index contributed by atoms with van der Waals surface area (Å²) in [6, 6.07) is 8.69. The van der Waals surface area contributed by atoms with Crippen molar-refractivity contribution < 1.29 is 18.3 Å². The molecule has 4 heterocycles. The quantitative estimate of drug-likeness (QED) is 0.528. The van der Waals surface area contributed by atoms with Crippen LogP contribution in [-0.4, -0.2) is 101 Å². The van der Waals surface area contributed by atoms with Crippen LogP contribution in [0.3, 0.4) is 0 Å². The van der Waals surface area contributed by atoms with Crippen molar-refractivity contribution in [3.05, 3.63) is 36.2 Å². The average molecular weight is 501 g/mol. The van der Waals surface area contributed by atoms with Crippen molar-refractivity contribution in [3.8, 4) is 5.82 Å².